The second-order valence-corrected chi connectivity index (χ2v) is 5.24. The minimum Gasteiger partial charge on any atom is -0.481 e. The van der Waals surface area contributed by atoms with E-state index in [1.54, 1.807) is 6.92 Å². The number of carbonyl (C=O) groups is 2. The number of carboxylic acids is 1. The van der Waals surface area contributed by atoms with Gasteiger partial charge in [-0.25, -0.2) is 0 Å². The van der Waals surface area contributed by atoms with Crippen molar-refractivity contribution in [3.63, 3.8) is 0 Å². The first-order valence-electron chi connectivity index (χ1n) is 7.67. The molecule has 9 heteroatoms. The predicted octanol–water partition coefficient (Wildman–Crippen LogP) is 3.78. The fourth-order valence-corrected chi connectivity index (χ4v) is 2.27. The summed E-state index contributed by atoms with van der Waals surface area (Å²) in [4.78, 5) is 24.3. The van der Waals surface area contributed by atoms with Gasteiger partial charge in [-0.15, -0.1) is 13.2 Å². The summed E-state index contributed by atoms with van der Waals surface area (Å²) >= 11 is 0. The topological polar surface area (TPSA) is 80.0 Å². The first kappa shape index (κ1) is 19.4. The van der Waals surface area contributed by atoms with Gasteiger partial charge in [-0.05, 0) is 31.2 Å². The number of carboxylic acid groups (broad SMARTS) is 1. The first-order chi connectivity index (χ1) is 12.2. The molecule has 1 heterocycles. The number of amides is 1. The predicted molar refractivity (Wildman–Crippen MR) is 84.7 cm³/mol. The van der Waals surface area contributed by atoms with E-state index >= 15 is 0 Å². The second-order valence-electron chi connectivity index (χ2n) is 5.24. The van der Waals surface area contributed by atoms with Crippen LogP contribution in [0, 0.1) is 0 Å². The lowest BCUT2D eigenvalue weighted by Crippen LogP contribution is -2.32. The number of nitrogens with zero attached hydrogens (tertiary/aromatic N) is 1. The molecule has 0 spiro atoms. The summed E-state index contributed by atoms with van der Waals surface area (Å²) in [7, 11) is 0. The average Bonchev–Trinajstić information content (AvgIpc) is 3.03. The number of aliphatic carboxylic acids is 1. The van der Waals surface area contributed by atoms with Crippen molar-refractivity contribution in [2.45, 2.75) is 19.7 Å². The maximum Gasteiger partial charge on any atom is 0.573 e. The van der Waals surface area contributed by atoms with Crippen LogP contribution in [0.15, 0.2) is 40.8 Å². The third kappa shape index (κ3) is 5.01. The van der Waals surface area contributed by atoms with Gasteiger partial charge in [-0.2, -0.15) is 0 Å². The first-order valence-corrected chi connectivity index (χ1v) is 7.67. The van der Waals surface area contributed by atoms with Gasteiger partial charge in [-0.3, -0.25) is 9.59 Å². The number of alkyl halides is 3. The van der Waals surface area contributed by atoms with Gasteiger partial charge in [0.1, 0.15) is 11.5 Å². The Labute approximate surface area is 146 Å². The highest BCUT2D eigenvalue weighted by molar-refractivity contribution is 5.92. The minimum absolute atomic E-state index is 0.00548. The molecule has 0 aliphatic rings. The molecule has 0 aliphatic heterocycles. The van der Waals surface area contributed by atoms with Crippen molar-refractivity contribution < 1.29 is 37.0 Å². The molecule has 0 unspecified atom stereocenters. The van der Waals surface area contributed by atoms with Crippen LogP contribution in [0.2, 0.25) is 0 Å². The van der Waals surface area contributed by atoms with Gasteiger partial charge >= 0.3 is 12.3 Å². The molecule has 1 aromatic carbocycles. The van der Waals surface area contributed by atoms with E-state index in [1.807, 2.05) is 0 Å². The van der Waals surface area contributed by atoms with Crippen molar-refractivity contribution in [3.05, 3.63) is 42.2 Å². The SMILES string of the molecule is CCN(CCC(=O)O)C(=O)c1ccc(-c2ccccc2OC(F)(F)F)o1. The van der Waals surface area contributed by atoms with E-state index in [4.69, 9.17) is 9.52 Å². The number of carbonyl (C=O) groups excluding carboxylic acids is 1. The second kappa shape index (κ2) is 7.94. The Morgan fingerprint density at radius 2 is 1.88 bits per heavy atom. The fraction of sp³-hybridized carbons (Fsp3) is 0.294. The van der Waals surface area contributed by atoms with E-state index in [9.17, 15) is 22.8 Å². The van der Waals surface area contributed by atoms with Crippen LogP contribution >= 0.6 is 0 Å². The molecule has 0 bridgehead atoms. The Bertz CT molecular complexity index is 785. The van der Waals surface area contributed by atoms with Crippen LogP contribution in [0.1, 0.15) is 23.9 Å². The summed E-state index contributed by atoms with van der Waals surface area (Å²) in [5.74, 6) is -2.12. The highest BCUT2D eigenvalue weighted by Gasteiger charge is 2.32. The van der Waals surface area contributed by atoms with E-state index in [0.29, 0.717) is 0 Å². The van der Waals surface area contributed by atoms with Crippen LogP contribution in [0.4, 0.5) is 13.2 Å². The summed E-state index contributed by atoms with van der Waals surface area (Å²) in [5.41, 5.74) is 0.0393. The Hall–Kier alpha value is -2.97. The van der Waals surface area contributed by atoms with E-state index < -0.39 is 24.0 Å². The summed E-state index contributed by atoms with van der Waals surface area (Å²) in [6.07, 6.45) is -5.09. The van der Waals surface area contributed by atoms with Crippen molar-refractivity contribution in [1.29, 1.82) is 0 Å². The standard InChI is InChI=1S/C17H16F3NO5/c1-2-21(10-9-15(22)23)16(24)14-8-7-12(25-14)11-5-3-4-6-13(11)26-17(18,19)20/h3-8H,2,9-10H2,1H3,(H,22,23). The normalized spacial score (nSPS) is 11.2. The number of hydrogen-bond acceptors (Lipinski definition) is 4. The van der Waals surface area contributed by atoms with Gasteiger partial charge in [-0.1, -0.05) is 12.1 Å². The zero-order chi connectivity index (χ0) is 19.3. The molecule has 26 heavy (non-hydrogen) atoms. The van der Waals surface area contributed by atoms with Crippen molar-refractivity contribution in [1.82, 2.24) is 4.90 Å². The third-order valence-electron chi connectivity index (χ3n) is 3.46. The molecule has 1 aromatic heterocycles. The number of furan rings is 1. The zero-order valence-corrected chi connectivity index (χ0v) is 13.7. The third-order valence-corrected chi connectivity index (χ3v) is 3.46. The molecule has 1 amide bonds. The largest absolute Gasteiger partial charge is 0.573 e. The van der Waals surface area contributed by atoms with Crippen molar-refractivity contribution >= 4 is 11.9 Å². The number of rotatable bonds is 7. The molecule has 0 saturated carbocycles. The lowest BCUT2D eigenvalue weighted by Gasteiger charge is -2.18. The van der Waals surface area contributed by atoms with Crippen LogP contribution in [0.5, 0.6) is 5.75 Å². The van der Waals surface area contributed by atoms with Gasteiger partial charge in [0.05, 0.1) is 12.0 Å². The molecule has 1 N–H and O–H groups in total. The van der Waals surface area contributed by atoms with Crippen LogP contribution < -0.4 is 4.74 Å². The lowest BCUT2D eigenvalue weighted by molar-refractivity contribution is -0.274. The summed E-state index contributed by atoms with van der Waals surface area (Å²) in [5, 5.41) is 8.72. The maximum absolute atomic E-state index is 12.5. The lowest BCUT2D eigenvalue weighted by atomic mass is 10.1. The van der Waals surface area contributed by atoms with Crippen molar-refractivity contribution in [3.8, 4) is 17.1 Å². The molecular weight excluding hydrogens is 355 g/mol. The Morgan fingerprint density at radius 1 is 1.19 bits per heavy atom. The molecule has 0 fully saturated rings. The Kier molecular flexibility index (Phi) is 5.91. The van der Waals surface area contributed by atoms with Gasteiger partial charge < -0.3 is 19.2 Å². The van der Waals surface area contributed by atoms with Gasteiger partial charge in [0, 0.05) is 13.1 Å². The smallest absolute Gasteiger partial charge is 0.481 e. The van der Waals surface area contributed by atoms with Crippen LogP contribution in [0.3, 0.4) is 0 Å². The molecule has 0 atom stereocenters. The molecule has 2 aromatic rings. The molecule has 140 valence electrons. The molecule has 0 radical (unpaired) electrons. The summed E-state index contributed by atoms with van der Waals surface area (Å²) in [6, 6.07) is 8.08. The summed E-state index contributed by atoms with van der Waals surface area (Å²) in [6.45, 7) is 1.93. The Balaban J connectivity index is 2.24. The maximum atomic E-state index is 12.5. The van der Waals surface area contributed by atoms with Gasteiger partial charge in [0.2, 0.25) is 0 Å². The highest BCUT2D eigenvalue weighted by Crippen LogP contribution is 2.34. The average molecular weight is 371 g/mol. The van der Waals surface area contributed by atoms with Crippen LogP contribution in [0.25, 0.3) is 11.3 Å². The Morgan fingerprint density at radius 3 is 2.50 bits per heavy atom. The number of benzene rings is 1. The molecule has 6 nitrogen and oxygen atoms in total. The van der Waals surface area contributed by atoms with Crippen molar-refractivity contribution in [2.75, 3.05) is 13.1 Å². The van der Waals surface area contributed by atoms with E-state index in [2.05, 4.69) is 4.74 Å². The molecular formula is C17H16F3NO5. The minimum atomic E-state index is -4.86. The van der Waals surface area contributed by atoms with E-state index in [1.165, 1.54) is 35.2 Å². The molecule has 0 aliphatic carbocycles. The number of ether oxygens (including phenoxy) is 1. The number of para-hydroxylation sites is 1. The van der Waals surface area contributed by atoms with Gasteiger partial charge in [0.15, 0.2) is 5.76 Å². The zero-order valence-electron chi connectivity index (χ0n) is 13.7. The highest BCUT2D eigenvalue weighted by atomic mass is 19.4. The van der Waals surface area contributed by atoms with Gasteiger partial charge in [0.25, 0.3) is 5.91 Å². The number of halogens is 3. The van der Waals surface area contributed by atoms with Crippen LogP contribution in [-0.2, 0) is 4.79 Å². The molecule has 2 rings (SSSR count). The summed E-state index contributed by atoms with van der Waals surface area (Å²) < 4.78 is 46.9. The van der Waals surface area contributed by atoms with E-state index in [0.717, 1.165) is 6.07 Å². The number of hydrogen-bond donors (Lipinski definition) is 1. The fourth-order valence-electron chi connectivity index (χ4n) is 2.27. The van der Waals surface area contributed by atoms with Crippen LogP contribution in [-0.4, -0.2) is 41.3 Å². The van der Waals surface area contributed by atoms with Crippen molar-refractivity contribution in [2.24, 2.45) is 0 Å². The quantitative estimate of drug-likeness (QED) is 0.801. The monoisotopic (exact) mass is 371 g/mol. The van der Waals surface area contributed by atoms with E-state index in [-0.39, 0.29) is 36.6 Å². The molecule has 0 saturated heterocycles.